The Labute approximate surface area is 68.4 Å². The third-order valence-electron chi connectivity index (χ3n) is 1.86. The Kier molecular flexibility index (Phi) is 2.12. The largest absolute Gasteiger partial charge is 0.261 e. The quantitative estimate of drug-likeness (QED) is 0.550. The molecule has 0 aromatic carbocycles. The van der Waals surface area contributed by atoms with E-state index >= 15 is 0 Å². The zero-order valence-electron chi connectivity index (χ0n) is 7.76. The number of hydrogen-bond acceptors (Lipinski definition) is 2. The fraction of sp³-hybridized carbons (Fsp3) is 0.778. The summed E-state index contributed by atoms with van der Waals surface area (Å²) in [7, 11) is 0. The van der Waals surface area contributed by atoms with E-state index in [9.17, 15) is 0 Å². The minimum absolute atomic E-state index is 0.223. The van der Waals surface area contributed by atoms with Gasteiger partial charge in [0.25, 0.3) is 0 Å². The van der Waals surface area contributed by atoms with Gasteiger partial charge >= 0.3 is 0 Å². The summed E-state index contributed by atoms with van der Waals surface area (Å²) in [5.74, 6) is 0.991. The van der Waals surface area contributed by atoms with Crippen LogP contribution in [-0.4, -0.2) is 18.1 Å². The van der Waals surface area contributed by atoms with Crippen LogP contribution in [0.3, 0.4) is 0 Å². The lowest BCUT2D eigenvalue weighted by Gasteiger charge is -2.21. The minimum Gasteiger partial charge on any atom is -0.261 e. The molecule has 0 saturated heterocycles. The van der Waals surface area contributed by atoms with Gasteiger partial charge in [-0.3, -0.25) is 4.99 Å². The Morgan fingerprint density at radius 2 is 2.09 bits per heavy atom. The first-order chi connectivity index (χ1) is 5.04. The Bertz CT molecular complexity index is 196. The van der Waals surface area contributed by atoms with Gasteiger partial charge in [-0.05, 0) is 5.41 Å². The van der Waals surface area contributed by atoms with Crippen LogP contribution in [-0.2, 0) is 0 Å². The Morgan fingerprint density at radius 1 is 1.45 bits per heavy atom. The molecule has 1 rings (SSSR count). The second kappa shape index (κ2) is 2.76. The molecule has 0 aliphatic carbocycles. The summed E-state index contributed by atoms with van der Waals surface area (Å²) in [6, 6.07) is 0.289. The molecule has 2 heteroatoms. The molecule has 1 unspecified atom stereocenters. The van der Waals surface area contributed by atoms with Crippen LogP contribution in [0.2, 0.25) is 0 Å². The van der Waals surface area contributed by atoms with Gasteiger partial charge in [0.05, 0.1) is 6.04 Å². The van der Waals surface area contributed by atoms with E-state index in [1.54, 1.807) is 0 Å². The molecule has 0 amide bonds. The lowest BCUT2D eigenvalue weighted by Crippen LogP contribution is -2.23. The average molecular weight is 152 g/mol. The number of rotatable bonds is 1. The van der Waals surface area contributed by atoms with Crippen LogP contribution in [0, 0.1) is 5.41 Å². The van der Waals surface area contributed by atoms with E-state index in [-0.39, 0.29) is 11.5 Å². The Balaban J connectivity index is 2.69. The van der Waals surface area contributed by atoms with Gasteiger partial charge < -0.3 is 0 Å². The van der Waals surface area contributed by atoms with Crippen molar-refractivity contribution in [2.75, 3.05) is 0 Å². The Morgan fingerprint density at radius 3 is 2.36 bits per heavy atom. The summed E-state index contributed by atoms with van der Waals surface area (Å²) >= 11 is 0. The normalized spacial score (nSPS) is 24.0. The molecule has 0 N–H and O–H groups in total. The van der Waals surface area contributed by atoms with Crippen LogP contribution in [0.25, 0.3) is 0 Å². The molecular weight excluding hydrogens is 136 g/mol. The van der Waals surface area contributed by atoms with E-state index < -0.39 is 0 Å². The van der Waals surface area contributed by atoms with Gasteiger partial charge in [0.1, 0.15) is 5.84 Å². The molecule has 0 saturated carbocycles. The molecule has 0 aromatic rings. The molecule has 1 aliphatic heterocycles. The topological polar surface area (TPSA) is 24.7 Å². The highest BCUT2D eigenvalue weighted by Crippen LogP contribution is 2.23. The van der Waals surface area contributed by atoms with E-state index in [2.05, 4.69) is 37.7 Å². The predicted octanol–water partition coefficient (Wildman–Crippen LogP) is 2.29. The van der Waals surface area contributed by atoms with Crippen LogP contribution in [0.1, 0.15) is 34.1 Å². The first-order valence-electron chi connectivity index (χ1n) is 4.15. The van der Waals surface area contributed by atoms with Crippen molar-refractivity contribution in [2.24, 2.45) is 15.4 Å². The maximum atomic E-state index is 4.47. The fourth-order valence-electron chi connectivity index (χ4n) is 0.984. The van der Waals surface area contributed by atoms with E-state index in [1.165, 1.54) is 0 Å². The van der Waals surface area contributed by atoms with Crippen molar-refractivity contribution in [3.05, 3.63) is 0 Å². The van der Waals surface area contributed by atoms with Crippen molar-refractivity contribution in [2.45, 2.75) is 40.2 Å². The summed E-state index contributed by atoms with van der Waals surface area (Å²) in [5, 5.41) is 0. The molecule has 1 heterocycles. The summed E-state index contributed by atoms with van der Waals surface area (Å²) in [5.41, 5.74) is 0.223. The summed E-state index contributed by atoms with van der Waals surface area (Å²) in [4.78, 5) is 8.70. The summed E-state index contributed by atoms with van der Waals surface area (Å²) < 4.78 is 0. The highest BCUT2D eigenvalue weighted by Gasteiger charge is 2.25. The zero-order valence-corrected chi connectivity index (χ0v) is 7.76. The van der Waals surface area contributed by atoms with Crippen molar-refractivity contribution in [1.29, 1.82) is 0 Å². The molecule has 11 heavy (non-hydrogen) atoms. The lowest BCUT2D eigenvalue weighted by molar-refractivity contribution is 0.390. The first-order valence-corrected chi connectivity index (χ1v) is 4.15. The van der Waals surface area contributed by atoms with E-state index in [0.29, 0.717) is 0 Å². The zero-order chi connectivity index (χ0) is 8.48. The summed E-state index contributed by atoms with van der Waals surface area (Å²) in [6.45, 7) is 8.64. The van der Waals surface area contributed by atoms with Crippen LogP contribution in [0.15, 0.2) is 9.98 Å². The molecule has 1 atom stereocenters. The number of aliphatic imine (C=N–C) groups is 2. The maximum Gasteiger partial charge on any atom is 0.123 e. The molecule has 0 spiro atoms. The van der Waals surface area contributed by atoms with Crippen molar-refractivity contribution in [3.63, 3.8) is 0 Å². The fourth-order valence-corrected chi connectivity index (χ4v) is 0.984. The monoisotopic (exact) mass is 152 g/mol. The van der Waals surface area contributed by atoms with Gasteiger partial charge in [0.15, 0.2) is 0 Å². The smallest absolute Gasteiger partial charge is 0.123 e. The van der Waals surface area contributed by atoms with Crippen LogP contribution >= 0.6 is 0 Å². The van der Waals surface area contributed by atoms with Gasteiger partial charge in [0, 0.05) is 12.6 Å². The highest BCUT2D eigenvalue weighted by molar-refractivity contribution is 5.96. The van der Waals surface area contributed by atoms with Crippen molar-refractivity contribution >= 4 is 12.1 Å². The molecular formula is C9H16N2. The third kappa shape index (κ3) is 1.88. The SMILES string of the molecule is CCC1=NC(C(C)(C)C)C=N1. The standard InChI is InChI=1S/C9H16N2/c1-5-8-10-6-7(11-8)9(2,3)4/h6-7H,5H2,1-4H3. The maximum absolute atomic E-state index is 4.47. The molecule has 0 radical (unpaired) electrons. The summed E-state index contributed by atoms with van der Waals surface area (Å²) in [6.07, 6.45) is 2.90. The van der Waals surface area contributed by atoms with Gasteiger partial charge in [0.2, 0.25) is 0 Å². The molecule has 0 bridgehead atoms. The highest BCUT2D eigenvalue weighted by atomic mass is 15.0. The molecule has 1 aliphatic rings. The molecule has 2 nitrogen and oxygen atoms in total. The molecule has 0 aromatic heterocycles. The number of hydrogen-bond donors (Lipinski definition) is 0. The van der Waals surface area contributed by atoms with E-state index in [4.69, 9.17) is 0 Å². The lowest BCUT2D eigenvalue weighted by atomic mass is 9.88. The van der Waals surface area contributed by atoms with Gasteiger partial charge in [-0.2, -0.15) is 0 Å². The second-order valence-corrected chi connectivity index (χ2v) is 3.99. The van der Waals surface area contributed by atoms with Gasteiger partial charge in [-0.15, -0.1) is 0 Å². The van der Waals surface area contributed by atoms with E-state index in [1.807, 2.05) is 6.21 Å². The second-order valence-electron chi connectivity index (χ2n) is 3.99. The molecule has 0 fully saturated rings. The van der Waals surface area contributed by atoms with Crippen molar-refractivity contribution in [1.82, 2.24) is 0 Å². The van der Waals surface area contributed by atoms with Gasteiger partial charge in [-0.25, -0.2) is 4.99 Å². The first kappa shape index (κ1) is 8.44. The Hall–Kier alpha value is -0.660. The third-order valence-corrected chi connectivity index (χ3v) is 1.86. The van der Waals surface area contributed by atoms with Gasteiger partial charge in [-0.1, -0.05) is 27.7 Å². The van der Waals surface area contributed by atoms with Crippen LogP contribution < -0.4 is 0 Å². The number of amidine groups is 1. The number of nitrogens with zero attached hydrogens (tertiary/aromatic N) is 2. The average Bonchev–Trinajstić information content (AvgIpc) is 2.32. The van der Waals surface area contributed by atoms with E-state index in [0.717, 1.165) is 12.3 Å². The van der Waals surface area contributed by atoms with Crippen LogP contribution in [0.4, 0.5) is 0 Å². The molecule has 62 valence electrons. The minimum atomic E-state index is 0.223. The predicted molar refractivity (Wildman–Crippen MR) is 49.5 cm³/mol. The van der Waals surface area contributed by atoms with Crippen LogP contribution in [0.5, 0.6) is 0 Å². The van der Waals surface area contributed by atoms with Crippen molar-refractivity contribution in [3.8, 4) is 0 Å². The van der Waals surface area contributed by atoms with Crippen molar-refractivity contribution < 1.29 is 0 Å².